The average Bonchev–Trinajstić information content (AvgIpc) is 2.77. The Kier molecular flexibility index (Phi) is 11.9. The van der Waals surface area contributed by atoms with Crippen LogP contribution in [0.5, 0.6) is 5.75 Å². The molecule has 1 atom stereocenters. The number of hydrogen-bond acceptors (Lipinski definition) is 3. The van der Waals surface area contributed by atoms with Crippen molar-refractivity contribution in [1.82, 2.24) is 5.32 Å². The van der Waals surface area contributed by atoms with Crippen molar-refractivity contribution in [2.45, 2.75) is 78.7 Å². The van der Waals surface area contributed by atoms with Crippen molar-refractivity contribution in [3.63, 3.8) is 0 Å². The molecule has 0 aliphatic rings. The van der Waals surface area contributed by atoms with Gasteiger partial charge in [0.1, 0.15) is 5.75 Å². The van der Waals surface area contributed by atoms with Crippen molar-refractivity contribution in [3.8, 4) is 5.75 Å². The molecule has 0 fully saturated rings. The maximum Gasteiger partial charge on any atom is 0.304 e. The van der Waals surface area contributed by atoms with Gasteiger partial charge >= 0.3 is 5.97 Å². The summed E-state index contributed by atoms with van der Waals surface area (Å²) in [4.78, 5) is 10.5. The zero-order valence-electron chi connectivity index (χ0n) is 20.2. The van der Waals surface area contributed by atoms with Crippen molar-refractivity contribution in [3.05, 3.63) is 64.7 Å². The van der Waals surface area contributed by atoms with Gasteiger partial charge in [0, 0.05) is 13.1 Å². The molecule has 0 amide bonds. The van der Waals surface area contributed by atoms with Crippen molar-refractivity contribution >= 4 is 5.97 Å². The van der Waals surface area contributed by atoms with E-state index >= 15 is 0 Å². The number of carbonyl (C=O) groups is 1. The number of unbranched alkanes of at least 4 members (excludes halogenated alkanes) is 2. The molecule has 0 heterocycles. The normalized spacial score (nSPS) is 12.0. The van der Waals surface area contributed by atoms with Crippen LogP contribution < -0.4 is 10.1 Å². The Morgan fingerprint density at radius 1 is 0.969 bits per heavy atom. The molecule has 4 nitrogen and oxygen atoms in total. The Labute approximate surface area is 194 Å². The van der Waals surface area contributed by atoms with Crippen molar-refractivity contribution in [2.75, 3.05) is 13.2 Å². The number of ether oxygens (including phenoxy) is 1. The molecule has 0 spiro atoms. The van der Waals surface area contributed by atoms with Crippen LogP contribution in [0.3, 0.4) is 0 Å². The summed E-state index contributed by atoms with van der Waals surface area (Å²) in [6, 6.07) is 15.0. The van der Waals surface area contributed by atoms with Gasteiger partial charge in [0.2, 0.25) is 0 Å². The smallest absolute Gasteiger partial charge is 0.304 e. The number of aryl methyl sites for hydroxylation is 2. The van der Waals surface area contributed by atoms with Crippen LogP contribution in [-0.2, 0) is 17.8 Å². The van der Waals surface area contributed by atoms with E-state index in [4.69, 9.17) is 9.84 Å². The second-order valence-corrected chi connectivity index (χ2v) is 8.94. The summed E-state index contributed by atoms with van der Waals surface area (Å²) in [6.07, 6.45) is 8.77. The minimum atomic E-state index is -0.775. The van der Waals surface area contributed by atoms with Gasteiger partial charge in [-0.05, 0) is 73.4 Å². The van der Waals surface area contributed by atoms with Crippen LogP contribution in [0.2, 0.25) is 0 Å². The van der Waals surface area contributed by atoms with Crippen LogP contribution in [0.1, 0.15) is 74.1 Å². The van der Waals surface area contributed by atoms with E-state index in [1.807, 2.05) is 24.3 Å². The second kappa shape index (κ2) is 14.7. The van der Waals surface area contributed by atoms with E-state index in [2.05, 4.69) is 44.3 Å². The van der Waals surface area contributed by atoms with E-state index in [0.717, 1.165) is 30.8 Å². The highest BCUT2D eigenvalue weighted by Gasteiger charge is 2.11. The van der Waals surface area contributed by atoms with Crippen molar-refractivity contribution in [2.24, 2.45) is 5.92 Å². The molecule has 2 rings (SSSR count). The van der Waals surface area contributed by atoms with Gasteiger partial charge in [0.25, 0.3) is 0 Å². The molecule has 32 heavy (non-hydrogen) atoms. The van der Waals surface area contributed by atoms with Gasteiger partial charge in [0.15, 0.2) is 0 Å². The maximum absolute atomic E-state index is 10.5. The van der Waals surface area contributed by atoms with Crippen LogP contribution >= 0.6 is 0 Å². The molecule has 0 aliphatic carbocycles. The Bertz CT molecular complexity index is 801. The fraction of sp³-hybridized carbons (Fsp3) is 0.536. The monoisotopic (exact) mass is 439 g/mol. The lowest BCUT2D eigenvalue weighted by molar-refractivity contribution is -0.136. The Morgan fingerprint density at radius 3 is 2.38 bits per heavy atom. The number of carboxylic acid groups (broad SMARTS) is 1. The fourth-order valence-electron chi connectivity index (χ4n) is 3.99. The van der Waals surface area contributed by atoms with Crippen LogP contribution in [0, 0.1) is 19.8 Å². The summed E-state index contributed by atoms with van der Waals surface area (Å²) in [5, 5.41) is 11.8. The molecule has 2 aromatic carbocycles. The average molecular weight is 440 g/mol. The Balaban J connectivity index is 1.75. The predicted molar refractivity (Wildman–Crippen MR) is 132 cm³/mol. The fourth-order valence-corrected chi connectivity index (χ4v) is 3.99. The molecule has 0 aromatic heterocycles. The third-order valence-electron chi connectivity index (χ3n) is 6.11. The molecular weight excluding hydrogens is 398 g/mol. The summed E-state index contributed by atoms with van der Waals surface area (Å²) >= 11 is 0. The first-order valence-corrected chi connectivity index (χ1v) is 12.2. The quantitative estimate of drug-likeness (QED) is 0.294. The number of rotatable bonds is 16. The summed E-state index contributed by atoms with van der Waals surface area (Å²) in [6.45, 7) is 8.55. The Hall–Kier alpha value is -2.33. The predicted octanol–water partition coefficient (Wildman–Crippen LogP) is 6.47. The van der Waals surface area contributed by atoms with E-state index in [0.29, 0.717) is 19.0 Å². The SMILES string of the molecule is CCCCC[C@@H](CCCOc1ccc(CNCCC(=O)O)cc1)Cc1ccc(C)c(C)c1. The van der Waals surface area contributed by atoms with Crippen LogP contribution in [-0.4, -0.2) is 24.2 Å². The van der Waals surface area contributed by atoms with Gasteiger partial charge in [0.05, 0.1) is 13.0 Å². The molecular formula is C28H41NO3. The topological polar surface area (TPSA) is 58.6 Å². The molecule has 2 aromatic rings. The zero-order chi connectivity index (χ0) is 23.2. The molecule has 176 valence electrons. The molecule has 0 bridgehead atoms. The van der Waals surface area contributed by atoms with E-state index in [9.17, 15) is 4.79 Å². The van der Waals surface area contributed by atoms with Gasteiger partial charge in [-0.1, -0.05) is 62.9 Å². The second-order valence-electron chi connectivity index (χ2n) is 8.94. The largest absolute Gasteiger partial charge is 0.494 e. The standard InChI is InChI=1S/C28H41NO3/c1-4-5-6-8-24(20-26-11-10-22(2)23(3)19-26)9-7-18-32-27-14-12-25(13-15-27)21-29-17-16-28(30)31/h10-15,19,24,29H,4-9,16-18,20-21H2,1-3H3,(H,30,31)/t24-/m0/s1. The highest BCUT2D eigenvalue weighted by molar-refractivity contribution is 5.66. The van der Waals surface area contributed by atoms with Crippen LogP contribution in [0.25, 0.3) is 0 Å². The summed E-state index contributed by atoms with van der Waals surface area (Å²) in [5.74, 6) is 0.838. The van der Waals surface area contributed by atoms with Gasteiger partial charge in [-0.2, -0.15) is 0 Å². The first kappa shape index (κ1) is 25.9. The van der Waals surface area contributed by atoms with Crippen molar-refractivity contribution in [1.29, 1.82) is 0 Å². The van der Waals surface area contributed by atoms with Gasteiger partial charge in [-0.3, -0.25) is 4.79 Å². The molecule has 0 unspecified atom stereocenters. The first-order valence-electron chi connectivity index (χ1n) is 12.2. The maximum atomic E-state index is 10.5. The number of carboxylic acids is 1. The van der Waals surface area contributed by atoms with Crippen molar-refractivity contribution < 1.29 is 14.6 Å². The lowest BCUT2D eigenvalue weighted by Crippen LogP contribution is -2.17. The Morgan fingerprint density at radius 2 is 1.69 bits per heavy atom. The lowest BCUT2D eigenvalue weighted by Gasteiger charge is -2.18. The summed E-state index contributed by atoms with van der Waals surface area (Å²) in [5.41, 5.74) is 5.35. The third kappa shape index (κ3) is 10.3. The minimum Gasteiger partial charge on any atom is -0.494 e. The molecule has 0 saturated carbocycles. The number of hydrogen-bond donors (Lipinski definition) is 2. The molecule has 0 radical (unpaired) electrons. The van der Waals surface area contributed by atoms with E-state index in [1.54, 1.807) is 0 Å². The van der Waals surface area contributed by atoms with Gasteiger partial charge in [-0.15, -0.1) is 0 Å². The first-order chi connectivity index (χ1) is 15.5. The summed E-state index contributed by atoms with van der Waals surface area (Å²) in [7, 11) is 0. The molecule has 0 saturated heterocycles. The number of benzene rings is 2. The lowest BCUT2D eigenvalue weighted by atomic mass is 9.89. The number of nitrogens with one attached hydrogen (secondary N) is 1. The third-order valence-corrected chi connectivity index (χ3v) is 6.11. The molecule has 2 N–H and O–H groups in total. The minimum absolute atomic E-state index is 0.143. The van der Waals surface area contributed by atoms with Gasteiger partial charge < -0.3 is 15.2 Å². The zero-order valence-corrected chi connectivity index (χ0v) is 20.2. The van der Waals surface area contributed by atoms with E-state index in [-0.39, 0.29) is 6.42 Å². The number of aliphatic carboxylic acids is 1. The van der Waals surface area contributed by atoms with E-state index in [1.165, 1.54) is 48.8 Å². The van der Waals surface area contributed by atoms with E-state index < -0.39 is 5.97 Å². The van der Waals surface area contributed by atoms with Crippen LogP contribution in [0.15, 0.2) is 42.5 Å². The van der Waals surface area contributed by atoms with Crippen LogP contribution in [0.4, 0.5) is 0 Å². The highest BCUT2D eigenvalue weighted by atomic mass is 16.5. The van der Waals surface area contributed by atoms with Gasteiger partial charge in [-0.25, -0.2) is 0 Å². The molecule has 0 aliphatic heterocycles. The summed E-state index contributed by atoms with van der Waals surface area (Å²) < 4.78 is 5.98. The molecule has 4 heteroatoms. The highest BCUT2D eigenvalue weighted by Crippen LogP contribution is 2.23.